The maximum atomic E-state index is 10.7. The fraction of sp³-hybridized carbons (Fsp3) is 0.0435. The van der Waals surface area contributed by atoms with Gasteiger partial charge in [0.25, 0.3) is 0 Å². The van der Waals surface area contributed by atoms with E-state index in [1.54, 1.807) is 0 Å². The zero-order valence-corrected chi connectivity index (χ0v) is 14.8. The molecule has 1 aromatic heterocycles. The molecule has 4 aromatic rings. The minimum absolute atomic E-state index is 0.0736. The molecule has 4 rings (SSSR count). The van der Waals surface area contributed by atoms with Crippen LogP contribution in [0.2, 0.25) is 0 Å². The monoisotopic (exact) mass is 351 g/mol. The molecule has 0 amide bonds. The van der Waals surface area contributed by atoms with E-state index >= 15 is 0 Å². The van der Waals surface area contributed by atoms with Gasteiger partial charge in [-0.2, -0.15) is 5.26 Å². The van der Waals surface area contributed by atoms with Gasteiger partial charge in [0.15, 0.2) is 5.82 Å². The second-order valence-electron chi connectivity index (χ2n) is 6.26. The first-order chi connectivity index (χ1) is 13.2. The van der Waals surface area contributed by atoms with Crippen molar-refractivity contribution < 1.29 is 5.11 Å². The van der Waals surface area contributed by atoms with Gasteiger partial charge < -0.3 is 9.67 Å². The molecule has 1 heterocycles. The number of fused-ring (bicyclic) bond motifs is 1. The molecule has 0 radical (unpaired) electrons. The second kappa shape index (κ2) is 6.81. The topological polar surface area (TPSA) is 61.8 Å². The lowest BCUT2D eigenvalue weighted by molar-refractivity contribution is 0.513. The number of allylic oxidation sites excluding steroid dienone is 1. The van der Waals surface area contributed by atoms with Crippen molar-refractivity contribution in [2.75, 3.05) is 0 Å². The number of nitriles is 1. The van der Waals surface area contributed by atoms with Gasteiger partial charge in [0, 0.05) is 12.6 Å². The number of aryl methyl sites for hydroxylation is 1. The Morgan fingerprint density at radius 1 is 0.889 bits per heavy atom. The van der Waals surface area contributed by atoms with Crippen molar-refractivity contribution in [1.29, 1.82) is 5.26 Å². The van der Waals surface area contributed by atoms with Crippen LogP contribution in [0.4, 0.5) is 0 Å². The molecule has 0 saturated heterocycles. The van der Waals surface area contributed by atoms with Crippen molar-refractivity contribution in [2.45, 2.75) is 0 Å². The third-order valence-corrected chi connectivity index (χ3v) is 4.62. The predicted octanol–water partition coefficient (Wildman–Crippen LogP) is 5.19. The van der Waals surface area contributed by atoms with Crippen LogP contribution >= 0.6 is 0 Å². The van der Waals surface area contributed by atoms with Crippen LogP contribution in [0, 0.1) is 11.3 Å². The van der Waals surface area contributed by atoms with Crippen molar-refractivity contribution in [3.05, 3.63) is 90.3 Å². The summed E-state index contributed by atoms with van der Waals surface area (Å²) >= 11 is 0. The normalized spacial score (nSPS) is 11.9. The molecule has 1 N–H and O–H groups in total. The van der Waals surface area contributed by atoms with E-state index < -0.39 is 0 Å². The van der Waals surface area contributed by atoms with Crippen LogP contribution in [0.5, 0.6) is 0 Å². The van der Waals surface area contributed by atoms with Crippen LogP contribution in [0.1, 0.15) is 11.4 Å². The van der Waals surface area contributed by atoms with Gasteiger partial charge in [-0.15, -0.1) is 0 Å². The molecule has 4 heteroatoms. The molecular weight excluding hydrogens is 334 g/mol. The van der Waals surface area contributed by atoms with Crippen molar-refractivity contribution in [2.24, 2.45) is 7.05 Å². The van der Waals surface area contributed by atoms with Crippen molar-refractivity contribution in [3.63, 3.8) is 0 Å². The first-order valence-corrected chi connectivity index (χ1v) is 8.60. The summed E-state index contributed by atoms with van der Waals surface area (Å²) in [6.45, 7) is 0. The van der Waals surface area contributed by atoms with Gasteiger partial charge in [0.05, 0.1) is 11.0 Å². The number of para-hydroxylation sites is 2. The Morgan fingerprint density at radius 2 is 1.52 bits per heavy atom. The van der Waals surface area contributed by atoms with Gasteiger partial charge in [-0.3, -0.25) is 0 Å². The molecule has 0 aliphatic heterocycles. The van der Waals surface area contributed by atoms with Gasteiger partial charge >= 0.3 is 0 Å². The molecule has 0 saturated carbocycles. The largest absolute Gasteiger partial charge is 0.506 e. The standard InChI is InChI=1S/C23H17N3O/c1-26-21-10-6-5-9-20(21)25-23(26)19(15-24)22(27)18-13-11-17(12-14-18)16-7-3-2-4-8-16/h2-14,27H,1H3. The average molecular weight is 351 g/mol. The fourth-order valence-corrected chi connectivity index (χ4v) is 3.17. The Bertz CT molecular complexity index is 1180. The van der Waals surface area contributed by atoms with E-state index in [2.05, 4.69) is 11.1 Å². The molecule has 27 heavy (non-hydrogen) atoms. The van der Waals surface area contributed by atoms with E-state index in [9.17, 15) is 10.4 Å². The number of aromatic nitrogens is 2. The number of aliphatic hydroxyl groups is 1. The van der Waals surface area contributed by atoms with Gasteiger partial charge in [0.1, 0.15) is 17.4 Å². The lowest BCUT2D eigenvalue weighted by Gasteiger charge is -2.07. The molecule has 0 fully saturated rings. The SMILES string of the molecule is Cn1c(C(C#N)=C(O)c2ccc(-c3ccccc3)cc2)nc2ccccc21. The Labute approximate surface area is 157 Å². The Kier molecular flexibility index (Phi) is 4.19. The number of hydrogen-bond donors (Lipinski definition) is 1. The average Bonchev–Trinajstić information content (AvgIpc) is 3.06. The molecule has 0 aliphatic rings. The van der Waals surface area contributed by atoms with Gasteiger partial charge in [-0.1, -0.05) is 66.7 Å². The lowest BCUT2D eigenvalue weighted by Crippen LogP contribution is -1.99. The van der Waals surface area contributed by atoms with Gasteiger partial charge in [0.2, 0.25) is 0 Å². The third-order valence-electron chi connectivity index (χ3n) is 4.62. The number of benzene rings is 3. The molecule has 0 unspecified atom stereocenters. The molecule has 3 aromatic carbocycles. The summed E-state index contributed by atoms with van der Waals surface area (Å²) in [5, 5.41) is 20.4. The summed E-state index contributed by atoms with van der Waals surface area (Å²) in [6, 6.07) is 27.3. The molecular formula is C23H17N3O. The number of aliphatic hydroxyl groups excluding tert-OH is 1. The van der Waals surface area contributed by atoms with Crippen LogP contribution in [-0.4, -0.2) is 14.7 Å². The maximum absolute atomic E-state index is 10.7. The minimum Gasteiger partial charge on any atom is -0.506 e. The highest BCUT2D eigenvalue weighted by atomic mass is 16.3. The number of rotatable bonds is 3. The Balaban J connectivity index is 1.78. The first-order valence-electron chi connectivity index (χ1n) is 8.60. The van der Waals surface area contributed by atoms with Crippen LogP contribution in [0.3, 0.4) is 0 Å². The van der Waals surface area contributed by atoms with E-state index in [1.807, 2.05) is 90.5 Å². The number of imidazole rings is 1. The Hall–Kier alpha value is -3.84. The zero-order chi connectivity index (χ0) is 18.8. The van der Waals surface area contributed by atoms with E-state index in [0.717, 1.165) is 22.2 Å². The highest BCUT2D eigenvalue weighted by Gasteiger charge is 2.17. The summed E-state index contributed by atoms with van der Waals surface area (Å²) in [5.41, 5.74) is 4.58. The third kappa shape index (κ3) is 2.96. The highest BCUT2D eigenvalue weighted by Crippen LogP contribution is 2.28. The smallest absolute Gasteiger partial charge is 0.155 e. The first kappa shape index (κ1) is 16.6. The van der Waals surface area contributed by atoms with Crippen LogP contribution in [0.25, 0.3) is 33.5 Å². The van der Waals surface area contributed by atoms with Crippen LogP contribution in [0.15, 0.2) is 78.9 Å². The van der Waals surface area contributed by atoms with E-state index in [1.165, 1.54) is 0 Å². The van der Waals surface area contributed by atoms with Crippen LogP contribution < -0.4 is 0 Å². The van der Waals surface area contributed by atoms with Gasteiger partial charge in [-0.25, -0.2) is 4.98 Å². The second-order valence-corrected chi connectivity index (χ2v) is 6.26. The molecule has 130 valence electrons. The van der Waals surface area contributed by atoms with E-state index in [-0.39, 0.29) is 11.3 Å². The maximum Gasteiger partial charge on any atom is 0.155 e. The van der Waals surface area contributed by atoms with Crippen molar-refractivity contribution in [1.82, 2.24) is 9.55 Å². The van der Waals surface area contributed by atoms with Crippen LogP contribution in [-0.2, 0) is 7.05 Å². The highest BCUT2D eigenvalue weighted by molar-refractivity contribution is 5.94. The molecule has 0 atom stereocenters. The zero-order valence-electron chi connectivity index (χ0n) is 14.8. The molecule has 0 bridgehead atoms. The summed E-state index contributed by atoms with van der Waals surface area (Å²) < 4.78 is 1.82. The Morgan fingerprint density at radius 3 is 2.19 bits per heavy atom. The van der Waals surface area contributed by atoms with E-state index in [4.69, 9.17) is 0 Å². The van der Waals surface area contributed by atoms with E-state index in [0.29, 0.717) is 11.4 Å². The summed E-state index contributed by atoms with van der Waals surface area (Å²) in [7, 11) is 1.84. The summed E-state index contributed by atoms with van der Waals surface area (Å²) in [5.74, 6) is 0.374. The quantitative estimate of drug-likeness (QED) is 0.408. The molecule has 4 nitrogen and oxygen atoms in total. The summed E-state index contributed by atoms with van der Waals surface area (Å²) in [6.07, 6.45) is 0. The van der Waals surface area contributed by atoms with Gasteiger partial charge in [-0.05, 0) is 23.3 Å². The number of nitrogens with zero attached hydrogens (tertiary/aromatic N) is 3. The van der Waals surface area contributed by atoms with Crippen molar-refractivity contribution in [3.8, 4) is 17.2 Å². The lowest BCUT2D eigenvalue weighted by atomic mass is 10.0. The van der Waals surface area contributed by atoms with Crippen molar-refractivity contribution >= 4 is 22.4 Å². The molecule has 0 aliphatic carbocycles. The summed E-state index contributed by atoms with van der Waals surface area (Å²) in [4.78, 5) is 4.52. The molecule has 0 spiro atoms. The minimum atomic E-state index is -0.0736. The fourth-order valence-electron chi connectivity index (χ4n) is 3.17. The predicted molar refractivity (Wildman–Crippen MR) is 108 cm³/mol. The number of hydrogen-bond acceptors (Lipinski definition) is 3.